The van der Waals surface area contributed by atoms with Crippen LogP contribution in [0, 0.1) is 10.8 Å². The predicted octanol–water partition coefficient (Wildman–Crippen LogP) is 7.57. The molecule has 3 heteroatoms. The lowest BCUT2D eigenvalue weighted by Gasteiger charge is -2.24. The number of hydrogen-bond acceptors (Lipinski definition) is 2. The molecule has 0 heterocycles. The second kappa shape index (κ2) is 13.8. The van der Waals surface area contributed by atoms with E-state index >= 15 is 0 Å². The van der Waals surface area contributed by atoms with E-state index < -0.39 is 10.8 Å². The van der Waals surface area contributed by atoms with Gasteiger partial charge in [-0.1, -0.05) is 101 Å². The molecule has 0 aromatic heterocycles. The first-order valence-electron chi connectivity index (χ1n) is 12.6. The average Bonchev–Trinajstić information content (AvgIpc) is 2.80. The van der Waals surface area contributed by atoms with Crippen LogP contribution in [0.3, 0.4) is 0 Å². The van der Waals surface area contributed by atoms with E-state index in [1.54, 1.807) is 0 Å². The molecule has 2 aromatic carbocycles. The molecule has 0 saturated carbocycles. The van der Waals surface area contributed by atoms with Crippen molar-refractivity contribution in [2.75, 3.05) is 11.5 Å². The molecule has 2 nitrogen and oxygen atoms in total. The standard InChI is InChI=1S/C30H44O2S/c1-29(2,22-19-26-15-7-5-8-16-26)20-11-13-23-33(32)24-14-12-21-30(3,4)28(31)25-27-17-9-6-10-18-27/h5-10,15-18H,11-14,19-25H2,1-4H3. The molecule has 2 aromatic rings. The van der Waals surface area contributed by atoms with E-state index in [1.807, 2.05) is 30.3 Å². The zero-order valence-corrected chi connectivity index (χ0v) is 22.1. The van der Waals surface area contributed by atoms with Crippen molar-refractivity contribution in [2.24, 2.45) is 10.8 Å². The zero-order chi connectivity index (χ0) is 24.2. The maximum absolute atomic E-state index is 12.7. The van der Waals surface area contributed by atoms with E-state index in [2.05, 4.69) is 58.0 Å². The summed E-state index contributed by atoms with van der Waals surface area (Å²) in [4.78, 5) is 12.7. The number of benzene rings is 2. The first-order valence-corrected chi connectivity index (χ1v) is 14.1. The van der Waals surface area contributed by atoms with Crippen LogP contribution in [0.1, 0.15) is 83.8 Å². The summed E-state index contributed by atoms with van der Waals surface area (Å²) in [5.74, 6) is 1.87. The van der Waals surface area contributed by atoms with Crippen molar-refractivity contribution in [3.8, 4) is 0 Å². The molecule has 0 spiro atoms. The highest BCUT2D eigenvalue weighted by Gasteiger charge is 2.26. The van der Waals surface area contributed by atoms with Crippen LogP contribution in [0.2, 0.25) is 0 Å². The number of rotatable bonds is 16. The third-order valence-corrected chi connectivity index (χ3v) is 8.28. The second-order valence-corrected chi connectivity index (χ2v) is 12.6. The smallest absolute Gasteiger partial charge is 0.142 e. The van der Waals surface area contributed by atoms with Gasteiger partial charge in [0.15, 0.2) is 0 Å². The summed E-state index contributed by atoms with van der Waals surface area (Å²) in [5, 5.41) is 0. The van der Waals surface area contributed by atoms with Crippen LogP contribution in [0.15, 0.2) is 60.7 Å². The maximum atomic E-state index is 12.7. The summed E-state index contributed by atoms with van der Waals surface area (Å²) in [6.45, 7) is 8.81. The monoisotopic (exact) mass is 468 g/mol. The largest absolute Gasteiger partial charge is 0.299 e. The van der Waals surface area contributed by atoms with Gasteiger partial charge < -0.3 is 0 Å². The molecule has 0 radical (unpaired) electrons. The quantitative estimate of drug-likeness (QED) is 0.238. The summed E-state index contributed by atoms with van der Waals surface area (Å²) in [7, 11) is -0.737. The van der Waals surface area contributed by atoms with Crippen molar-refractivity contribution >= 4 is 16.6 Å². The fraction of sp³-hybridized carbons (Fsp3) is 0.567. The molecule has 0 aliphatic carbocycles. The summed E-state index contributed by atoms with van der Waals surface area (Å²) < 4.78 is 12.4. The minimum Gasteiger partial charge on any atom is -0.299 e. The van der Waals surface area contributed by atoms with Gasteiger partial charge in [-0.25, -0.2) is 0 Å². The summed E-state index contributed by atoms with van der Waals surface area (Å²) >= 11 is 0. The van der Waals surface area contributed by atoms with Gasteiger partial charge in [0, 0.05) is 34.1 Å². The van der Waals surface area contributed by atoms with Gasteiger partial charge in [0.05, 0.1) is 0 Å². The summed E-state index contributed by atoms with van der Waals surface area (Å²) in [6.07, 6.45) is 8.98. The number of ketones is 1. The molecular formula is C30H44O2S. The number of carbonyl (C=O) groups is 1. The van der Waals surface area contributed by atoms with Gasteiger partial charge in [-0.05, 0) is 55.1 Å². The Bertz CT molecular complexity index is 840. The molecular weight excluding hydrogens is 424 g/mol. The van der Waals surface area contributed by atoms with Crippen LogP contribution in [-0.2, 0) is 28.4 Å². The lowest BCUT2D eigenvalue weighted by Crippen LogP contribution is -2.26. The lowest BCUT2D eigenvalue weighted by atomic mass is 9.80. The molecule has 0 saturated heterocycles. The van der Waals surface area contributed by atoms with Crippen LogP contribution in [0.4, 0.5) is 0 Å². The second-order valence-electron chi connectivity index (χ2n) is 10.9. The summed E-state index contributed by atoms with van der Waals surface area (Å²) in [6, 6.07) is 20.7. The van der Waals surface area contributed by atoms with E-state index in [0.29, 0.717) is 17.6 Å². The minimum absolute atomic E-state index is 0.296. The van der Waals surface area contributed by atoms with Gasteiger partial charge in [0.1, 0.15) is 5.78 Å². The van der Waals surface area contributed by atoms with E-state index in [4.69, 9.17) is 0 Å². The van der Waals surface area contributed by atoms with Crippen LogP contribution in [0.5, 0.6) is 0 Å². The fourth-order valence-electron chi connectivity index (χ4n) is 4.21. The highest BCUT2D eigenvalue weighted by Crippen LogP contribution is 2.29. The van der Waals surface area contributed by atoms with Crippen molar-refractivity contribution in [2.45, 2.75) is 85.5 Å². The van der Waals surface area contributed by atoms with E-state index in [1.165, 1.54) is 18.4 Å². The molecule has 33 heavy (non-hydrogen) atoms. The Balaban J connectivity index is 1.56. The van der Waals surface area contributed by atoms with Gasteiger partial charge in [0.2, 0.25) is 0 Å². The Morgan fingerprint density at radius 1 is 0.697 bits per heavy atom. The average molecular weight is 469 g/mol. The molecule has 182 valence electrons. The number of Topliss-reactive ketones (excluding diaryl/α,β-unsaturated/α-hetero) is 1. The first-order chi connectivity index (χ1) is 15.7. The molecule has 0 aliphatic rings. The first kappa shape index (κ1) is 27.5. The van der Waals surface area contributed by atoms with E-state index in [0.717, 1.165) is 55.6 Å². The predicted molar refractivity (Wildman–Crippen MR) is 143 cm³/mol. The lowest BCUT2D eigenvalue weighted by molar-refractivity contribution is -0.126. The maximum Gasteiger partial charge on any atom is 0.142 e. The molecule has 0 N–H and O–H groups in total. The Labute approximate surface area is 205 Å². The van der Waals surface area contributed by atoms with Gasteiger partial charge in [-0.2, -0.15) is 0 Å². The number of hydrogen-bond donors (Lipinski definition) is 0. The fourth-order valence-corrected chi connectivity index (χ4v) is 5.47. The molecule has 1 unspecified atom stereocenters. The topological polar surface area (TPSA) is 34.1 Å². The van der Waals surface area contributed by atoms with Crippen molar-refractivity contribution in [3.05, 3.63) is 71.8 Å². The van der Waals surface area contributed by atoms with E-state index in [-0.39, 0.29) is 5.41 Å². The van der Waals surface area contributed by atoms with Crippen molar-refractivity contribution in [1.29, 1.82) is 0 Å². The normalized spacial score (nSPS) is 13.1. The number of carbonyl (C=O) groups excluding carboxylic acids is 1. The SMILES string of the molecule is CC(C)(CCCCS(=O)CCCCC(C)(C)C(=O)Cc1ccccc1)CCc1ccccc1. The van der Waals surface area contributed by atoms with Gasteiger partial charge >= 0.3 is 0 Å². The summed E-state index contributed by atoms with van der Waals surface area (Å²) in [5.41, 5.74) is 2.51. The Kier molecular flexibility index (Phi) is 11.5. The third kappa shape index (κ3) is 11.3. The van der Waals surface area contributed by atoms with Gasteiger partial charge in [-0.15, -0.1) is 0 Å². The van der Waals surface area contributed by atoms with E-state index in [9.17, 15) is 9.00 Å². The minimum atomic E-state index is -0.737. The van der Waals surface area contributed by atoms with Crippen LogP contribution < -0.4 is 0 Å². The highest BCUT2D eigenvalue weighted by molar-refractivity contribution is 7.84. The molecule has 1 atom stereocenters. The molecule has 0 fully saturated rings. The molecule has 0 amide bonds. The van der Waals surface area contributed by atoms with Gasteiger partial charge in [-0.3, -0.25) is 9.00 Å². The number of unbranched alkanes of at least 4 members (excludes halogenated alkanes) is 2. The Morgan fingerprint density at radius 3 is 1.79 bits per heavy atom. The van der Waals surface area contributed by atoms with Crippen LogP contribution in [-0.4, -0.2) is 21.5 Å². The van der Waals surface area contributed by atoms with Gasteiger partial charge in [0.25, 0.3) is 0 Å². The third-order valence-electron chi connectivity index (χ3n) is 6.79. The number of aryl methyl sites for hydroxylation is 1. The molecule has 2 rings (SSSR count). The Hall–Kier alpha value is -1.74. The van der Waals surface area contributed by atoms with Crippen molar-refractivity contribution in [1.82, 2.24) is 0 Å². The zero-order valence-electron chi connectivity index (χ0n) is 21.3. The highest BCUT2D eigenvalue weighted by atomic mass is 32.2. The van der Waals surface area contributed by atoms with Crippen molar-refractivity contribution < 1.29 is 9.00 Å². The van der Waals surface area contributed by atoms with Crippen LogP contribution in [0.25, 0.3) is 0 Å². The van der Waals surface area contributed by atoms with Crippen molar-refractivity contribution in [3.63, 3.8) is 0 Å². The molecule has 0 aliphatic heterocycles. The van der Waals surface area contributed by atoms with Crippen LogP contribution >= 0.6 is 0 Å². The Morgan fingerprint density at radius 2 is 1.21 bits per heavy atom. The molecule has 0 bridgehead atoms.